The zero-order valence-corrected chi connectivity index (χ0v) is 28.5. The Morgan fingerprint density at radius 3 is 2.06 bits per heavy atom. The molecule has 0 saturated carbocycles. The van der Waals surface area contributed by atoms with Crippen molar-refractivity contribution in [3.05, 3.63) is 176 Å². The molecule has 0 aliphatic rings. The SMILES string of the molecule is [2H]c1c([2H])c([2H])c(-c2cccc(-c3c([2H])c([2H])c([2H])c([2H])c3[2H])c2-[n+]2[c-]n(-c3[c-]c(Oc4cccc(-n5c(O)nc6ccccc65)n4)ccc3)c3ccccc32)c([2H])c1[2H].[Pt+2]. The summed E-state index contributed by atoms with van der Waals surface area (Å²) in [5.74, 6) is 0.840. The minimum atomic E-state index is -0.583. The predicted molar refractivity (Wildman–Crippen MR) is 194 cm³/mol. The minimum absolute atomic E-state index is 0. The third kappa shape index (κ3) is 5.88. The number of hydrogen-bond donors (Lipinski definition) is 1. The van der Waals surface area contributed by atoms with Crippen LogP contribution in [0.4, 0.5) is 0 Å². The molecule has 0 saturated heterocycles. The van der Waals surface area contributed by atoms with E-state index in [4.69, 9.17) is 18.4 Å². The topological polar surface area (TPSA) is 69.0 Å². The molecule has 51 heavy (non-hydrogen) atoms. The van der Waals surface area contributed by atoms with Crippen molar-refractivity contribution in [1.82, 2.24) is 19.1 Å². The Kier molecular flexibility index (Phi) is 5.95. The van der Waals surface area contributed by atoms with Gasteiger partial charge in [0.1, 0.15) is 5.82 Å². The van der Waals surface area contributed by atoms with E-state index in [1.54, 1.807) is 88.0 Å². The van der Waals surface area contributed by atoms with Crippen LogP contribution in [0.1, 0.15) is 13.7 Å². The molecule has 3 aromatic heterocycles. The molecule has 8 heteroatoms. The van der Waals surface area contributed by atoms with Crippen LogP contribution in [0.2, 0.25) is 0 Å². The molecule has 3 heterocycles. The van der Waals surface area contributed by atoms with Crippen molar-refractivity contribution in [1.29, 1.82) is 0 Å². The first-order valence-electron chi connectivity index (χ1n) is 20.4. The Bertz CT molecular complexity index is 3100. The third-order valence-corrected chi connectivity index (χ3v) is 8.05. The number of hydrogen-bond acceptors (Lipinski definition) is 4. The normalized spacial score (nSPS) is 13.8. The number of ether oxygens (including phenoxy) is 1. The molecule has 9 rings (SSSR count). The van der Waals surface area contributed by atoms with Gasteiger partial charge in [-0.05, 0) is 46.1 Å². The molecule has 246 valence electrons. The molecular formula is C43H28N5O2Pt+. The van der Waals surface area contributed by atoms with Crippen LogP contribution in [0.3, 0.4) is 0 Å². The summed E-state index contributed by atoms with van der Waals surface area (Å²) < 4.78 is 97.0. The Morgan fingerprint density at radius 1 is 0.667 bits per heavy atom. The number of aromatic nitrogens is 5. The molecule has 0 spiro atoms. The van der Waals surface area contributed by atoms with Gasteiger partial charge >= 0.3 is 27.1 Å². The monoisotopic (exact) mass is 851 g/mol. The largest absolute Gasteiger partial charge is 2.00 e. The zero-order chi connectivity index (χ0) is 42.1. The van der Waals surface area contributed by atoms with Gasteiger partial charge in [0.05, 0.1) is 41.5 Å². The summed E-state index contributed by atoms with van der Waals surface area (Å²) >= 11 is 0. The second-order valence-electron chi connectivity index (χ2n) is 11.0. The Morgan fingerprint density at radius 2 is 1.31 bits per heavy atom. The van der Waals surface area contributed by atoms with Crippen molar-refractivity contribution < 1.29 is 49.2 Å². The number of rotatable bonds is 7. The second kappa shape index (κ2) is 13.5. The van der Waals surface area contributed by atoms with E-state index in [9.17, 15) is 5.11 Å². The van der Waals surface area contributed by atoms with Crippen molar-refractivity contribution in [2.45, 2.75) is 0 Å². The molecule has 0 amide bonds. The van der Waals surface area contributed by atoms with Crippen LogP contribution in [0.15, 0.2) is 164 Å². The van der Waals surface area contributed by atoms with Gasteiger partial charge in [0.25, 0.3) is 6.33 Å². The van der Waals surface area contributed by atoms with E-state index < -0.39 is 60.4 Å². The number of fused-ring (bicyclic) bond motifs is 2. The quantitative estimate of drug-likeness (QED) is 0.128. The van der Waals surface area contributed by atoms with E-state index in [1.165, 1.54) is 4.57 Å². The maximum atomic E-state index is 10.7. The van der Waals surface area contributed by atoms with Crippen LogP contribution in [0.25, 0.3) is 61.5 Å². The summed E-state index contributed by atoms with van der Waals surface area (Å²) in [6.45, 7) is 0. The van der Waals surface area contributed by atoms with Gasteiger partial charge in [-0.1, -0.05) is 121 Å². The fraction of sp³-hybridized carbons (Fsp3) is 0. The summed E-state index contributed by atoms with van der Waals surface area (Å²) in [7, 11) is 0. The zero-order valence-electron chi connectivity index (χ0n) is 36.2. The molecular weight excluding hydrogens is 814 g/mol. The minimum Gasteiger partial charge on any atom is -0.480 e. The predicted octanol–water partition coefficient (Wildman–Crippen LogP) is 9.07. The molecule has 1 N–H and O–H groups in total. The second-order valence-corrected chi connectivity index (χ2v) is 11.0. The molecule has 0 radical (unpaired) electrons. The van der Waals surface area contributed by atoms with Crippen LogP contribution in [0.5, 0.6) is 17.6 Å². The average molecular weight is 852 g/mol. The Hall–Kier alpha value is -6.30. The van der Waals surface area contributed by atoms with E-state index in [0.29, 0.717) is 33.6 Å². The van der Waals surface area contributed by atoms with Crippen molar-refractivity contribution in [2.24, 2.45) is 0 Å². The van der Waals surface area contributed by atoms with Crippen LogP contribution in [-0.2, 0) is 21.1 Å². The van der Waals surface area contributed by atoms with Gasteiger partial charge < -0.3 is 14.4 Å². The van der Waals surface area contributed by atoms with Crippen LogP contribution in [0, 0.1) is 12.4 Å². The van der Waals surface area contributed by atoms with Gasteiger partial charge in [0, 0.05) is 11.8 Å². The van der Waals surface area contributed by atoms with Gasteiger partial charge in [-0.2, -0.15) is 22.1 Å². The van der Waals surface area contributed by atoms with Gasteiger partial charge in [-0.15, -0.1) is 12.1 Å². The van der Waals surface area contributed by atoms with E-state index >= 15 is 0 Å². The molecule has 0 fully saturated rings. The van der Waals surface area contributed by atoms with Crippen molar-refractivity contribution in [3.8, 4) is 57.1 Å². The van der Waals surface area contributed by atoms with Gasteiger partial charge in [-0.3, -0.25) is 4.57 Å². The van der Waals surface area contributed by atoms with Crippen molar-refractivity contribution in [2.75, 3.05) is 0 Å². The molecule has 0 bridgehead atoms. The number of benzene rings is 6. The number of pyridine rings is 1. The molecule has 0 atom stereocenters. The van der Waals surface area contributed by atoms with Gasteiger partial charge in [0.15, 0.2) is 0 Å². The molecule has 7 nitrogen and oxygen atoms in total. The molecule has 0 aliphatic heterocycles. The van der Waals surface area contributed by atoms with Gasteiger partial charge in [-0.25, -0.2) is 4.57 Å². The fourth-order valence-electron chi connectivity index (χ4n) is 5.92. The van der Waals surface area contributed by atoms with Gasteiger partial charge in [0.2, 0.25) is 5.88 Å². The third-order valence-electron chi connectivity index (χ3n) is 8.05. The van der Waals surface area contributed by atoms with E-state index in [1.807, 2.05) is 24.3 Å². The summed E-state index contributed by atoms with van der Waals surface area (Å²) in [6.07, 6.45) is 3.33. The van der Waals surface area contributed by atoms with Crippen LogP contribution in [-0.4, -0.2) is 24.2 Å². The number of imidazole rings is 2. The number of aromatic hydroxyl groups is 1. The Labute approximate surface area is 322 Å². The van der Waals surface area contributed by atoms with Crippen molar-refractivity contribution >= 4 is 22.1 Å². The summed E-state index contributed by atoms with van der Waals surface area (Å²) in [6, 6.07) is 27.0. The summed E-state index contributed by atoms with van der Waals surface area (Å²) in [5, 5.41) is 10.7. The first kappa shape index (κ1) is 22.4. The number of nitrogens with zero attached hydrogens (tertiary/aromatic N) is 5. The molecule has 9 aromatic rings. The smallest absolute Gasteiger partial charge is 0.480 e. The first-order chi connectivity index (χ1) is 28.8. The standard InChI is InChI=1S/C43H28N5O2.Pt/c49-43-44-36-22-7-8-23-37(36)48(43)40-26-13-27-41(45-40)50-33-19-11-18-32(28-33)46-29-47(39-25-10-9-24-38(39)46)42-34(30-14-3-1-4-15-30)20-12-21-35(42)31-16-5-2-6-17-31;/h1-27H,(H,44,49);/q-1;+2/i1D,2D,3D,4D,5D,6D,14D,15D,16D,17D;. The average Bonchev–Trinajstić information content (AvgIpc) is 3.81. The molecule has 0 aliphatic carbocycles. The number of para-hydroxylation sites is 5. The molecule has 0 unspecified atom stereocenters. The summed E-state index contributed by atoms with van der Waals surface area (Å²) in [4.78, 5) is 8.84. The van der Waals surface area contributed by atoms with E-state index in [-0.39, 0.29) is 66.6 Å². The van der Waals surface area contributed by atoms with E-state index in [0.717, 1.165) is 0 Å². The Balaban J connectivity index is 0.00000514. The fourth-order valence-corrected chi connectivity index (χ4v) is 5.92. The van der Waals surface area contributed by atoms with Crippen molar-refractivity contribution in [3.63, 3.8) is 0 Å². The summed E-state index contributed by atoms with van der Waals surface area (Å²) in [5.41, 5.74) is 2.87. The molecule has 6 aromatic carbocycles. The van der Waals surface area contributed by atoms with E-state index in [2.05, 4.69) is 22.4 Å². The maximum Gasteiger partial charge on any atom is 2.00 e. The first-order valence-corrected chi connectivity index (χ1v) is 15.4. The maximum absolute atomic E-state index is 10.7. The van der Waals surface area contributed by atoms with Crippen LogP contribution >= 0.6 is 0 Å². The van der Waals surface area contributed by atoms with Crippen LogP contribution < -0.4 is 9.30 Å².